The smallest absolute Gasteiger partial charge is 0.319 e. The van der Waals surface area contributed by atoms with Crippen LogP contribution in [0, 0.1) is 6.92 Å². The van der Waals surface area contributed by atoms with Crippen LogP contribution in [0.3, 0.4) is 0 Å². The quantitative estimate of drug-likeness (QED) is 0.670. The van der Waals surface area contributed by atoms with Crippen LogP contribution in [0.2, 0.25) is 0 Å². The molecule has 0 spiro atoms. The number of hydrogen-bond donors (Lipinski definition) is 3. The number of amides is 2. The van der Waals surface area contributed by atoms with Crippen LogP contribution in [0.15, 0.2) is 67.0 Å². The summed E-state index contributed by atoms with van der Waals surface area (Å²) < 4.78 is 1.74. The third-order valence-corrected chi connectivity index (χ3v) is 3.90. The Hall–Kier alpha value is -3.12. The van der Waals surface area contributed by atoms with E-state index in [1.54, 1.807) is 10.9 Å². The number of nitrogens with one attached hydrogen (secondary N) is 2. The first-order valence-electron chi connectivity index (χ1n) is 8.02. The number of aromatic nitrogens is 2. The Bertz CT molecular complexity index is 829. The zero-order valence-corrected chi connectivity index (χ0v) is 13.9. The second-order valence-electron chi connectivity index (χ2n) is 5.71. The van der Waals surface area contributed by atoms with Crippen LogP contribution < -0.4 is 10.6 Å². The lowest BCUT2D eigenvalue weighted by Gasteiger charge is -2.14. The summed E-state index contributed by atoms with van der Waals surface area (Å²) in [5.74, 6) is 0. The van der Waals surface area contributed by atoms with Crippen molar-refractivity contribution in [2.75, 3.05) is 11.9 Å². The molecule has 1 atom stereocenters. The van der Waals surface area contributed by atoms with Crippen molar-refractivity contribution < 1.29 is 9.90 Å². The minimum atomic E-state index is -0.783. The molecule has 2 aromatic carbocycles. The van der Waals surface area contributed by atoms with Gasteiger partial charge in [-0.05, 0) is 42.3 Å². The Morgan fingerprint density at radius 3 is 2.60 bits per heavy atom. The first kappa shape index (κ1) is 16.7. The summed E-state index contributed by atoms with van der Waals surface area (Å²) in [5, 5.41) is 19.9. The monoisotopic (exact) mass is 336 g/mol. The van der Waals surface area contributed by atoms with Crippen molar-refractivity contribution in [1.29, 1.82) is 0 Å². The Balaban J connectivity index is 1.54. The summed E-state index contributed by atoms with van der Waals surface area (Å²) in [6, 6.07) is 16.4. The number of rotatable bonds is 5. The molecule has 0 bridgehead atoms. The number of aliphatic hydroxyl groups is 1. The normalized spacial score (nSPS) is 11.8. The predicted octanol–water partition coefficient (Wildman–Crippen LogP) is 3.04. The number of hydrogen-bond acceptors (Lipinski definition) is 3. The van der Waals surface area contributed by atoms with Crippen LogP contribution in [-0.2, 0) is 0 Å². The van der Waals surface area contributed by atoms with E-state index in [2.05, 4.69) is 15.7 Å². The first-order valence-corrected chi connectivity index (χ1v) is 8.02. The molecule has 0 aliphatic carbocycles. The van der Waals surface area contributed by atoms with E-state index in [4.69, 9.17) is 0 Å². The van der Waals surface area contributed by atoms with Gasteiger partial charge in [0.25, 0.3) is 0 Å². The highest BCUT2D eigenvalue weighted by Crippen LogP contribution is 2.16. The van der Waals surface area contributed by atoms with Gasteiger partial charge < -0.3 is 15.7 Å². The van der Waals surface area contributed by atoms with E-state index in [-0.39, 0.29) is 12.6 Å². The van der Waals surface area contributed by atoms with E-state index in [9.17, 15) is 9.90 Å². The molecule has 0 radical (unpaired) electrons. The van der Waals surface area contributed by atoms with Crippen molar-refractivity contribution in [2.45, 2.75) is 13.0 Å². The first-order chi connectivity index (χ1) is 12.1. The minimum Gasteiger partial charge on any atom is -0.387 e. The number of carbonyl (C=O) groups excluding carboxylic acids is 1. The number of benzene rings is 2. The molecule has 6 heteroatoms. The molecule has 0 fully saturated rings. The SMILES string of the molecule is Cc1ccccc1NC(=O)NCC(O)c1ccc(-n2cccn2)cc1. The number of urea groups is 1. The molecular formula is C19H20N4O2. The van der Waals surface area contributed by atoms with E-state index < -0.39 is 6.10 Å². The standard InChI is InChI=1S/C19H20N4O2/c1-14-5-2-3-6-17(14)22-19(25)20-13-18(24)15-7-9-16(10-8-15)23-12-4-11-21-23/h2-12,18,24H,13H2,1H3,(H2,20,22,25). The second-order valence-corrected chi connectivity index (χ2v) is 5.71. The highest BCUT2D eigenvalue weighted by atomic mass is 16.3. The van der Waals surface area contributed by atoms with E-state index in [1.807, 2.05) is 67.7 Å². The van der Waals surface area contributed by atoms with Gasteiger partial charge in [0.05, 0.1) is 11.8 Å². The zero-order chi connectivity index (χ0) is 17.6. The lowest BCUT2D eigenvalue weighted by Crippen LogP contribution is -2.32. The van der Waals surface area contributed by atoms with E-state index >= 15 is 0 Å². The van der Waals surface area contributed by atoms with Crippen LogP contribution in [-0.4, -0.2) is 27.5 Å². The molecular weight excluding hydrogens is 316 g/mol. The minimum absolute atomic E-state index is 0.124. The van der Waals surface area contributed by atoms with E-state index in [1.165, 1.54) is 0 Å². The molecule has 0 aliphatic heterocycles. The van der Waals surface area contributed by atoms with Gasteiger partial charge in [-0.15, -0.1) is 0 Å². The average molecular weight is 336 g/mol. The highest BCUT2D eigenvalue weighted by Gasteiger charge is 2.10. The summed E-state index contributed by atoms with van der Waals surface area (Å²) in [6.45, 7) is 2.05. The van der Waals surface area contributed by atoms with Crippen molar-refractivity contribution >= 4 is 11.7 Å². The van der Waals surface area contributed by atoms with Gasteiger partial charge in [-0.3, -0.25) is 0 Å². The molecule has 0 aliphatic rings. The molecule has 25 heavy (non-hydrogen) atoms. The maximum atomic E-state index is 12.0. The van der Waals surface area contributed by atoms with Gasteiger partial charge in [-0.25, -0.2) is 9.48 Å². The molecule has 0 saturated carbocycles. The number of anilines is 1. The summed E-state index contributed by atoms with van der Waals surface area (Å²) in [7, 11) is 0. The molecule has 0 saturated heterocycles. The molecule has 6 nitrogen and oxygen atoms in total. The van der Waals surface area contributed by atoms with Gasteiger partial charge in [-0.1, -0.05) is 30.3 Å². The van der Waals surface area contributed by atoms with Gasteiger partial charge in [-0.2, -0.15) is 5.10 Å². The van der Waals surface area contributed by atoms with Gasteiger partial charge in [0, 0.05) is 24.6 Å². The predicted molar refractivity (Wildman–Crippen MR) is 96.7 cm³/mol. The van der Waals surface area contributed by atoms with Crippen LogP contribution in [0.4, 0.5) is 10.5 Å². The second kappa shape index (κ2) is 7.63. The number of carbonyl (C=O) groups is 1. The van der Waals surface area contributed by atoms with Gasteiger partial charge in [0.1, 0.15) is 0 Å². The topological polar surface area (TPSA) is 79.2 Å². The average Bonchev–Trinajstić information content (AvgIpc) is 3.16. The Kier molecular flexibility index (Phi) is 5.11. The molecule has 3 rings (SSSR count). The zero-order valence-electron chi connectivity index (χ0n) is 13.9. The fourth-order valence-electron chi connectivity index (χ4n) is 2.46. The van der Waals surface area contributed by atoms with Crippen molar-refractivity contribution in [3.05, 3.63) is 78.1 Å². The van der Waals surface area contributed by atoms with E-state index in [0.29, 0.717) is 0 Å². The van der Waals surface area contributed by atoms with Crippen LogP contribution >= 0.6 is 0 Å². The summed E-state index contributed by atoms with van der Waals surface area (Å²) in [4.78, 5) is 12.0. The van der Waals surface area contributed by atoms with Crippen LogP contribution in [0.1, 0.15) is 17.2 Å². The van der Waals surface area contributed by atoms with Gasteiger partial charge in [0.15, 0.2) is 0 Å². The number of para-hydroxylation sites is 1. The molecule has 1 aromatic heterocycles. The molecule has 1 unspecified atom stereocenters. The van der Waals surface area contributed by atoms with Crippen LogP contribution in [0.5, 0.6) is 0 Å². The fraction of sp³-hybridized carbons (Fsp3) is 0.158. The summed E-state index contributed by atoms with van der Waals surface area (Å²) >= 11 is 0. The largest absolute Gasteiger partial charge is 0.387 e. The van der Waals surface area contributed by atoms with Crippen molar-refractivity contribution in [3.63, 3.8) is 0 Å². The molecule has 1 heterocycles. The number of nitrogens with zero attached hydrogens (tertiary/aromatic N) is 2. The third-order valence-electron chi connectivity index (χ3n) is 3.90. The van der Waals surface area contributed by atoms with Gasteiger partial charge in [0.2, 0.25) is 0 Å². The van der Waals surface area contributed by atoms with Crippen molar-refractivity contribution in [2.24, 2.45) is 0 Å². The maximum absolute atomic E-state index is 12.0. The lowest BCUT2D eigenvalue weighted by molar-refractivity contribution is 0.175. The third kappa shape index (κ3) is 4.24. The van der Waals surface area contributed by atoms with Crippen LogP contribution in [0.25, 0.3) is 5.69 Å². The van der Waals surface area contributed by atoms with E-state index in [0.717, 1.165) is 22.5 Å². The molecule has 3 aromatic rings. The molecule has 128 valence electrons. The molecule has 3 N–H and O–H groups in total. The van der Waals surface area contributed by atoms with Crippen molar-refractivity contribution in [1.82, 2.24) is 15.1 Å². The number of aryl methyl sites for hydroxylation is 1. The molecule has 2 amide bonds. The maximum Gasteiger partial charge on any atom is 0.319 e. The Morgan fingerprint density at radius 1 is 1.16 bits per heavy atom. The number of aliphatic hydroxyl groups excluding tert-OH is 1. The van der Waals surface area contributed by atoms with Gasteiger partial charge >= 0.3 is 6.03 Å². The summed E-state index contributed by atoms with van der Waals surface area (Å²) in [6.07, 6.45) is 2.78. The highest BCUT2D eigenvalue weighted by molar-refractivity contribution is 5.90. The fourth-order valence-corrected chi connectivity index (χ4v) is 2.46. The Labute approximate surface area is 146 Å². The Morgan fingerprint density at radius 2 is 1.92 bits per heavy atom. The lowest BCUT2D eigenvalue weighted by atomic mass is 10.1. The summed E-state index contributed by atoms with van der Waals surface area (Å²) in [5.41, 5.74) is 3.36. The van der Waals surface area contributed by atoms with Crippen molar-refractivity contribution in [3.8, 4) is 5.69 Å².